The molecule has 6 heteroatoms. The first-order valence-corrected chi connectivity index (χ1v) is 8.57. The lowest BCUT2D eigenvalue weighted by atomic mass is 9.99. The largest absolute Gasteiger partial charge is 0.367 e. The number of carbonyl (C=O) groups excluding carboxylic acids is 1. The number of benzene rings is 1. The zero-order valence-electron chi connectivity index (χ0n) is 14.1. The molecule has 1 atom stereocenters. The maximum absolute atomic E-state index is 13.2. The Morgan fingerprint density at radius 2 is 2.08 bits per heavy atom. The van der Waals surface area contributed by atoms with Crippen LogP contribution < -0.4 is 10.2 Å². The lowest BCUT2D eigenvalue weighted by Gasteiger charge is -2.37. The fourth-order valence-electron chi connectivity index (χ4n) is 3.22. The van der Waals surface area contributed by atoms with Gasteiger partial charge in [-0.25, -0.2) is 13.8 Å². The highest BCUT2D eigenvalue weighted by molar-refractivity contribution is 6.02. The van der Waals surface area contributed by atoms with Crippen molar-refractivity contribution in [2.24, 2.45) is 0 Å². The van der Waals surface area contributed by atoms with E-state index in [1.165, 1.54) is 18.9 Å². The molecule has 4 nitrogen and oxygen atoms in total. The lowest BCUT2D eigenvalue weighted by Crippen LogP contribution is -2.39. The first-order valence-electron chi connectivity index (χ1n) is 8.57. The Hall–Kier alpha value is -2.50. The van der Waals surface area contributed by atoms with E-state index in [1.54, 1.807) is 12.3 Å². The molecule has 1 aliphatic rings. The van der Waals surface area contributed by atoms with E-state index in [2.05, 4.69) is 22.1 Å². The second-order valence-electron chi connectivity index (χ2n) is 6.24. The fraction of sp³-hybridized carbons (Fsp3) is 0.368. The van der Waals surface area contributed by atoms with Gasteiger partial charge in [0, 0.05) is 24.3 Å². The van der Waals surface area contributed by atoms with Crippen molar-refractivity contribution in [3.63, 3.8) is 0 Å². The minimum atomic E-state index is -1.00. The van der Waals surface area contributed by atoms with E-state index in [-0.39, 0.29) is 11.4 Å². The molecule has 0 radical (unpaired) electrons. The van der Waals surface area contributed by atoms with Gasteiger partial charge in [-0.3, -0.25) is 4.79 Å². The van der Waals surface area contributed by atoms with E-state index < -0.39 is 17.5 Å². The Bertz CT molecular complexity index is 749. The van der Waals surface area contributed by atoms with Crippen LogP contribution in [0.3, 0.4) is 0 Å². The van der Waals surface area contributed by atoms with E-state index in [0.717, 1.165) is 37.2 Å². The summed E-state index contributed by atoms with van der Waals surface area (Å²) in [5.74, 6) is -2.41. The summed E-state index contributed by atoms with van der Waals surface area (Å²) in [6, 6.07) is 7.29. The number of hydrogen-bond donors (Lipinski definition) is 1. The van der Waals surface area contributed by atoms with E-state index in [1.807, 2.05) is 6.07 Å². The first-order chi connectivity index (χ1) is 12.1. The van der Waals surface area contributed by atoms with Gasteiger partial charge >= 0.3 is 0 Å². The van der Waals surface area contributed by atoms with Gasteiger partial charge in [0.25, 0.3) is 5.91 Å². The van der Waals surface area contributed by atoms with Crippen molar-refractivity contribution in [1.82, 2.24) is 4.98 Å². The minimum Gasteiger partial charge on any atom is -0.367 e. The molecule has 2 heterocycles. The molecule has 1 fully saturated rings. The summed E-state index contributed by atoms with van der Waals surface area (Å²) in [5, 5.41) is 2.52. The average molecular weight is 345 g/mol. The number of amides is 1. The molecule has 1 unspecified atom stereocenters. The van der Waals surface area contributed by atoms with Gasteiger partial charge in [0.1, 0.15) is 5.69 Å². The summed E-state index contributed by atoms with van der Waals surface area (Å²) < 4.78 is 26.2. The van der Waals surface area contributed by atoms with Crippen molar-refractivity contribution in [3.05, 3.63) is 53.9 Å². The summed E-state index contributed by atoms with van der Waals surface area (Å²) in [6.07, 6.45) is 6.37. The number of aromatic nitrogens is 1. The quantitative estimate of drug-likeness (QED) is 0.894. The van der Waals surface area contributed by atoms with Crippen molar-refractivity contribution < 1.29 is 13.6 Å². The highest BCUT2D eigenvalue weighted by atomic mass is 19.2. The predicted octanol–water partition coefficient (Wildman–Crippen LogP) is 4.38. The van der Waals surface area contributed by atoms with Gasteiger partial charge in [0.2, 0.25) is 0 Å². The molecule has 25 heavy (non-hydrogen) atoms. The Labute approximate surface area is 145 Å². The Kier molecular flexibility index (Phi) is 5.26. The van der Waals surface area contributed by atoms with Crippen molar-refractivity contribution in [3.8, 4) is 0 Å². The molecule has 1 saturated heterocycles. The van der Waals surface area contributed by atoms with Gasteiger partial charge < -0.3 is 10.2 Å². The van der Waals surface area contributed by atoms with Crippen LogP contribution in [0, 0.1) is 11.6 Å². The van der Waals surface area contributed by atoms with E-state index in [9.17, 15) is 13.6 Å². The van der Waals surface area contributed by atoms with Crippen LogP contribution in [0.4, 0.5) is 20.2 Å². The van der Waals surface area contributed by atoms with Crippen LogP contribution in [0.15, 0.2) is 36.5 Å². The molecule has 132 valence electrons. The lowest BCUT2D eigenvalue weighted by molar-refractivity contribution is 0.102. The van der Waals surface area contributed by atoms with Crippen LogP contribution in [0.5, 0.6) is 0 Å². The molecular weight excluding hydrogens is 324 g/mol. The summed E-state index contributed by atoms with van der Waals surface area (Å²) in [5.41, 5.74) is 1.44. The van der Waals surface area contributed by atoms with Crippen LogP contribution in [-0.4, -0.2) is 23.5 Å². The fourth-order valence-corrected chi connectivity index (χ4v) is 3.22. The van der Waals surface area contributed by atoms with Crippen LogP contribution in [0.25, 0.3) is 0 Å². The maximum atomic E-state index is 13.2. The van der Waals surface area contributed by atoms with Crippen LogP contribution in [0.2, 0.25) is 0 Å². The SMILES string of the molecule is CCC1CCCCN1c1ccc(C(=O)Nc2ccc(F)c(F)c2)nc1. The van der Waals surface area contributed by atoms with Gasteiger partial charge in [-0.15, -0.1) is 0 Å². The molecule has 1 aliphatic heterocycles. The number of anilines is 2. The van der Waals surface area contributed by atoms with Crippen molar-refractivity contribution >= 4 is 17.3 Å². The molecule has 1 amide bonds. The highest BCUT2D eigenvalue weighted by Gasteiger charge is 2.21. The number of hydrogen-bond acceptors (Lipinski definition) is 3. The third-order valence-corrected chi connectivity index (χ3v) is 4.59. The normalized spacial score (nSPS) is 17.4. The Morgan fingerprint density at radius 3 is 2.76 bits per heavy atom. The molecule has 1 aromatic carbocycles. The topological polar surface area (TPSA) is 45.2 Å². The predicted molar refractivity (Wildman–Crippen MR) is 93.8 cm³/mol. The van der Waals surface area contributed by atoms with Crippen LogP contribution in [-0.2, 0) is 0 Å². The van der Waals surface area contributed by atoms with Gasteiger partial charge in [-0.1, -0.05) is 6.92 Å². The first kappa shape index (κ1) is 17.3. The molecule has 2 aromatic rings. The number of piperidine rings is 1. The Morgan fingerprint density at radius 1 is 1.24 bits per heavy atom. The van der Waals surface area contributed by atoms with Gasteiger partial charge in [-0.2, -0.15) is 0 Å². The van der Waals surface area contributed by atoms with Gasteiger partial charge in [-0.05, 0) is 49.9 Å². The van der Waals surface area contributed by atoms with Crippen molar-refractivity contribution in [1.29, 1.82) is 0 Å². The second-order valence-corrected chi connectivity index (χ2v) is 6.24. The average Bonchev–Trinajstić information content (AvgIpc) is 2.65. The van der Waals surface area contributed by atoms with Crippen molar-refractivity contribution in [2.75, 3.05) is 16.8 Å². The maximum Gasteiger partial charge on any atom is 0.274 e. The number of nitrogens with one attached hydrogen (secondary N) is 1. The number of rotatable bonds is 4. The van der Waals surface area contributed by atoms with Gasteiger partial charge in [0.15, 0.2) is 11.6 Å². The van der Waals surface area contributed by atoms with Gasteiger partial charge in [0.05, 0.1) is 11.9 Å². The third-order valence-electron chi connectivity index (χ3n) is 4.59. The summed E-state index contributed by atoms with van der Waals surface area (Å²) in [6.45, 7) is 3.18. The number of nitrogens with zero attached hydrogens (tertiary/aromatic N) is 2. The van der Waals surface area contributed by atoms with Crippen LogP contribution >= 0.6 is 0 Å². The number of halogens is 2. The van der Waals surface area contributed by atoms with E-state index in [4.69, 9.17) is 0 Å². The standard InChI is InChI=1S/C19H21F2N3O/c1-2-14-5-3-4-10-24(14)15-7-9-18(22-12-15)19(25)23-13-6-8-16(20)17(21)11-13/h6-9,11-12,14H,2-5,10H2,1H3,(H,23,25). The molecule has 1 aromatic heterocycles. The minimum absolute atomic E-state index is 0.192. The summed E-state index contributed by atoms with van der Waals surface area (Å²) in [4.78, 5) is 18.8. The third kappa shape index (κ3) is 3.95. The smallest absolute Gasteiger partial charge is 0.274 e. The second kappa shape index (κ2) is 7.59. The molecule has 1 N–H and O–H groups in total. The van der Waals surface area contributed by atoms with E-state index >= 15 is 0 Å². The summed E-state index contributed by atoms with van der Waals surface area (Å²) >= 11 is 0. The molecule has 0 spiro atoms. The highest BCUT2D eigenvalue weighted by Crippen LogP contribution is 2.26. The molecule has 3 rings (SSSR count). The number of carbonyl (C=O) groups is 1. The molecule has 0 aliphatic carbocycles. The Balaban J connectivity index is 1.70. The molecule has 0 bridgehead atoms. The molecule has 0 saturated carbocycles. The zero-order chi connectivity index (χ0) is 17.8. The van der Waals surface area contributed by atoms with Crippen LogP contribution in [0.1, 0.15) is 43.1 Å². The monoisotopic (exact) mass is 345 g/mol. The van der Waals surface area contributed by atoms with Crippen molar-refractivity contribution in [2.45, 2.75) is 38.6 Å². The molecular formula is C19H21F2N3O. The summed E-state index contributed by atoms with van der Waals surface area (Å²) in [7, 11) is 0. The zero-order valence-corrected chi connectivity index (χ0v) is 14.1. The van der Waals surface area contributed by atoms with E-state index in [0.29, 0.717) is 6.04 Å². The number of pyridine rings is 1.